The number of anilines is 1. The number of carbonyl (C=O) groups excluding carboxylic acids is 1. The fourth-order valence-corrected chi connectivity index (χ4v) is 2.69. The van der Waals surface area contributed by atoms with Crippen molar-refractivity contribution in [2.24, 2.45) is 0 Å². The minimum absolute atomic E-state index is 0.0632. The molecule has 1 aliphatic heterocycles. The highest BCUT2D eigenvalue weighted by Gasteiger charge is 2.30. The molecule has 7 nitrogen and oxygen atoms in total. The summed E-state index contributed by atoms with van der Waals surface area (Å²) < 4.78 is 5.35. The van der Waals surface area contributed by atoms with E-state index in [1.165, 1.54) is 0 Å². The summed E-state index contributed by atoms with van der Waals surface area (Å²) in [7, 11) is 2.01. The van der Waals surface area contributed by atoms with Gasteiger partial charge in [0, 0.05) is 31.9 Å². The average molecular weight is 335 g/mol. The Morgan fingerprint density at radius 3 is 2.38 bits per heavy atom. The van der Waals surface area contributed by atoms with Gasteiger partial charge in [-0.05, 0) is 38.2 Å². The maximum absolute atomic E-state index is 12.2. The van der Waals surface area contributed by atoms with Gasteiger partial charge in [0.15, 0.2) is 0 Å². The Hall–Kier alpha value is -2.12. The number of benzene rings is 1. The van der Waals surface area contributed by atoms with E-state index in [0.29, 0.717) is 25.4 Å². The number of hydrogen-bond acceptors (Lipinski definition) is 5. The van der Waals surface area contributed by atoms with Gasteiger partial charge < -0.3 is 20.1 Å². The van der Waals surface area contributed by atoms with E-state index in [4.69, 9.17) is 4.74 Å². The molecule has 1 amide bonds. The third-order valence-corrected chi connectivity index (χ3v) is 4.09. The number of nitrogens with zero attached hydrogens (tertiary/aromatic N) is 2. The molecular formula is C17H25N3O4. The summed E-state index contributed by atoms with van der Waals surface area (Å²) in [6.07, 6.45) is -0.0632. The molecule has 2 rings (SSSR count). The van der Waals surface area contributed by atoms with Crippen LogP contribution in [-0.2, 0) is 9.59 Å². The second-order valence-corrected chi connectivity index (χ2v) is 5.90. The van der Waals surface area contributed by atoms with Crippen LogP contribution in [0.15, 0.2) is 24.3 Å². The topological polar surface area (TPSA) is 82.1 Å². The molecule has 1 heterocycles. The van der Waals surface area contributed by atoms with Crippen LogP contribution in [0.2, 0.25) is 0 Å². The van der Waals surface area contributed by atoms with Crippen molar-refractivity contribution in [2.75, 3.05) is 45.2 Å². The normalized spacial score (nSPS) is 17.2. The standard InChI is InChI=1S/C17H25N3O4/c1-3-24-14-6-4-13(5-7-14)18-16(21)12-15(17(22)23)20-10-8-19(2)9-11-20/h4-7,15H,3,8-12H2,1-2H3,(H,18,21)(H,22,23). The minimum Gasteiger partial charge on any atom is -0.494 e. The number of carbonyl (C=O) groups is 2. The van der Waals surface area contributed by atoms with E-state index in [1.807, 2.05) is 18.9 Å². The zero-order chi connectivity index (χ0) is 17.5. The van der Waals surface area contributed by atoms with Crippen LogP contribution in [-0.4, -0.2) is 72.7 Å². The van der Waals surface area contributed by atoms with Crippen molar-refractivity contribution < 1.29 is 19.4 Å². The van der Waals surface area contributed by atoms with Gasteiger partial charge in [0.2, 0.25) is 5.91 Å². The van der Waals surface area contributed by atoms with E-state index in [-0.39, 0.29) is 12.3 Å². The fraction of sp³-hybridized carbons (Fsp3) is 0.529. The van der Waals surface area contributed by atoms with Crippen molar-refractivity contribution in [3.05, 3.63) is 24.3 Å². The summed E-state index contributed by atoms with van der Waals surface area (Å²) in [4.78, 5) is 27.7. The van der Waals surface area contributed by atoms with Crippen molar-refractivity contribution in [3.8, 4) is 5.75 Å². The molecule has 1 atom stereocenters. The van der Waals surface area contributed by atoms with Crippen LogP contribution in [0.1, 0.15) is 13.3 Å². The smallest absolute Gasteiger partial charge is 0.321 e. The molecule has 0 radical (unpaired) electrons. The summed E-state index contributed by atoms with van der Waals surface area (Å²) in [5, 5.41) is 12.2. The van der Waals surface area contributed by atoms with Gasteiger partial charge in [0.1, 0.15) is 11.8 Å². The van der Waals surface area contributed by atoms with Gasteiger partial charge in [-0.2, -0.15) is 0 Å². The van der Waals surface area contributed by atoms with Crippen molar-refractivity contribution in [1.82, 2.24) is 9.80 Å². The zero-order valence-electron chi connectivity index (χ0n) is 14.2. The zero-order valence-corrected chi connectivity index (χ0v) is 14.2. The largest absolute Gasteiger partial charge is 0.494 e. The molecule has 1 aliphatic rings. The number of nitrogens with one attached hydrogen (secondary N) is 1. The van der Waals surface area contributed by atoms with E-state index in [9.17, 15) is 14.7 Å². The van der Waals surface area contributed by atoms with Crippen molar-refractivity contribution in [1.29, 1.82) is 0 Å². The molecule has 1 fully saturated rings. The second-order valence-electron chi connectivity index (χ2n) is 5.90. The number of ether oxygens (including phenoxy) is 1. The van der Waals surface area contributed by atoms with Crippen LogP contribution in [0, 0.1) is 0 Å². The summed E-state index contributed by atoms with van der Waals surface area (Å²) in [6.45, 7) is 5.42. The predicted molar refractivity (Wildman–Crippen MR) is 91.4 cm³/mol. The summed E-state index contributed by atoms with van der Waals surface area (Å²) >= 11 is 0. The first kappa shape index (κ1) is 18.2. The van der Waals surface area contributed by atoms with Gasteiger partial charge in [0.25, 0.3) is 0 Å². The number of amides is 1. The molecule has 0 saturated carbocycles. The minimum atomic E-state index is -0.957. The van der Waals surface area contributed by atoms with Crippen LogP contribution >= 0.6 is 0 Å². The van der Waals surface area contributed by atoms with Crippen molar-refractivity contribution in [3.63, 3.8) is 0 Å². The predicted octanol–water partition coefficient (Wildman–Crippen LogP) is 1.11. The first-order valence-electron chi connectivity index (χ1n) is 8.17. The molecule has 7 heteroatoms. The summed E-state index contributed by atoms with van der Waals surface area (Å²) in [5.41, 5.74) is 0.631. The van der Waals surface area contributed by atoms with E-state index in [0.717, 1.165) is 18.8 Å². The van der Waals surface area contributed by atoms with Crippen LogP contribution in [0.5, 0.6) is 5.75 Å². The lowest BCUT2D eigenvalue weighted by Gasteiger charge is -2.35. The lowest BCUT2D eigenvalue weighted by Crippen LogP contribution is -2.52. The van der Waals surface area contributed by atoms with Gasteiger partial charge >= 0.3 is 5.97 Å². The summed E-state index contributed by atoms with van der Waals surface area (Å²) in [5.74, 6) is -0.525. The molecule has 1 unspecified atom stereocenters. The Labute approximate surface area is 142 Å². The second kappa shape index (κ2) is 8.65. The number of carboxylic acids is 1. The Balaban J connectivity index is 1.91. The third kappa shape index (κ3) is 5.21. The van der Waals surface area contributed by atoms with E-state index < -0.39 is 12.0 Å². The van der Waals surface area contributed by atoms with Gasteiger partial charge in [0.05, 0.1) is 13.0 Å². The molecule has 0 aliphatic carbocycles. The Bertz CT molecular complexity index is 553. The van der Waals surface area contributed by atoms with Crippen molar-refractivity contribution in [2.45, 2.75) is 19.4 Å². The molecule has 24 heavy (non-hydrogen) atoms. The first-order valence-corrected chi connectivity index (χ1v) is 8.17. The summed E-state index contributed by atoms with van der Waals surface area (Å²) in [6, 6.07) is 6.24. The Kier molecular flexibility index (Phi) is 6.57. The Morgan fingerprint density at radius 2 is 1.83 bits per heavy atom. The quantitative estimate of drug-likeness (QED) is 0.777. The van der Waals surface area contributed by atoms with Crippen molar-refractivity contribution >= 4 is 17.6 Å². The molecular weight excluding hydrogens is 310 g/mol. The van der Waals surface area contributed by atoms with Crippen LogP contribution in [0.3, 0.4) is 0 Å². The molecule has 0 spiro atoms. The van der Waals surface area contributed by atoms with Gasteiger partial charge in [-0.25, -0.2) is 0 Å². The molecule has 132 valence electrons. The molecule has 0 aromatic heterocycles. The number of carboxylic acid groups (broad SMARTS) is 1. The number of rotatable bonds is 7. The monoisotopic (exact) mass is 335 g/mol. The van der Waals surface area contributed by atoms with Gasteiger partial charge in [-0.3, -0.25) is 14.5 Å². The van der Waals surface area contributed by atoms with Crippen LogP contribution in [0.4, 0.5) is 5.69 Å². The highest BCUT2D eigenvalue weighted by atomic mass is 16.5. The van der Waals surface area contributed by atoms with Crippen LogP contribution < -0.4 is 10.1 Å². The molecule has 1 aromatic carbocycles. The highest BCUT2D eigenvalue weighted by molar-refractivity contribution is 5.94. The third-order valence-electron chi connectivity index (χ3n) is 4.09. The molecule has 1 saturated heterocycles. The van der Waals surface area contributed by atoms with E-state index in [1.54, 1.807) is 24.3 Å². The van der Waals surface area contributed by atoms with Gasteiger partial charge in [-0.15, -0.1) is 0 Å². The molecule has 1 aromatic rings. The maximum atomic E-state index is 12.2. The molecule has 2 N–H and O–H groups in total. The Morgan fingerprint density at radius 1 is 1.21 bits per heavy atom. The van der Waals surface area contributed by atoms with E-state index in [2.05, 4.69) is 10.2 Å². The fourth-order valence-electron chi connectivity index (χ4n) is 2.69. The lowest BCUT2D eigenvalue weighted by molar-refractivity contribution is -0.145. The maximum Gasteiger partial charge on any atom is 0.321 e. The van der Waals surface area contributed by atoms with Crippen LogP contribution in [0.25, 0.3) is 0 Å². The SMILES string of the molecule is CCOc1ccc(NC(=O)CC(C(=O)O)N2CCN(C)CC2)cc1. The average Bonchev–Trinajstić information content (AvgIpc) is 2.55. The first-order chi connectivity index (χ1) is 11.5. The number of hydrogen-bond donors (Lipinski definition) is 2. The van der Waals surface area contributed by atoms with Gasteiger partial charge in [-0.1, -0.05) is 0 Å². The highest BCUT2D eigenvalue weighted by Crippen LogP contribution is 2.17. The van der Waals surface area contributed by atoms with E-state index >= 15 is 0 Å². The molecule has 0 bridgehead atoms. The number of aliphatic carboxylic acids is 1. The number of piperazine rings is 1. The lowest BCUT2D eigenvalue weighted by atomic mass is 10.1. The number of likely N-dealkylation sites (N-methyl/N-ethyl adjacent to an activating group) is 1.